The van der Waals surface area contributed by atoms with E-state index in [0.29, 0.717) is 27.4 Å². The van der Waals surface area contributed by atoms with Crippen molar-refractivity contribution in [3.63, 3.8) is 0 Å². The molecule has 5 heteroatoms. The summed E-state index contributed by atoms with van der Waals surface area (Å²) in [5.74, 6) is 0.0379. The highest BCUT2D eigenvalue weighted by molar-refractivity contribution is 7.90. The number of nitrogens with two attached hydrogens (primary N) is 1. The molecule has 3 rings (SSSR count). The van der Waals surface area contributed by atoms with Gasteiger partial charge in [-0.05, 0) is 47.1 Å². The van der Waals surface area contributed by atoms with E-state index in [2.05, 4.69) is 4.98 Å². The van der Waals surface area contributed by atoms with Crippen molar-refractivity contribution < 1.29 is 8.94 Å². The van der Waals surface area contributed by atoms with E-state index in [1.54, 1.807) is 36.7 Å². The minimum absolute atomic E-state index is 0.356. The molecule has 1 unspecified atom stereocenters. The molecule has 0 saturated heterocycles. The van der Waals surface area contributed by atoms with Gasteiger partial charge in [0.25, 0.3) is 0 Å². The summed E-state index contributed by atoms with van der Waals surface area (Å²) in [5, 5.41) is 0. The SMILES string of the molecule is C[S+]([O-])c1ccccc1-c1ccc(-c2ccc(N)nc2)c(F)c1. The van der Waals surface area contributed by atoms with Crippen LogP contribution in [-0.4, -0.2) is 15.8 Å². The van der Waals surface area contributed by atoms with Gasteiger partial charge in [0.15, 0.2) is 4.90 Å². The lowest BCUT2D eigenvalue weighted by atomic mass is 10.0. The molecular weight excluding hydrogens is 311 g/mol. The number of halogens is 1. The molecule has 2 N–H and O–H groups in total. The molecule has 23 heavy (non-hydrogen) atoms. The number of rotatable bonds is 3. The fourth-order valence-electron chi connectivity index (χ4n) is 2.44. The second kappa shape index (κ2) is 6.40. The Balaban J connectivity index is 2.05. The first kappa shape index (κ1) is 15.5. The molecular formula is C18H15FN2OS. The van der Waals surface area contributed by atoms with Gasteiger partial charge in [0.1, 0.15) is 17.9 Å². The monoisotopic (exact) mass is 326 g/mol. The number of nitrogen functional groups attached to an aromatic ring is 1. The second-order valence-corrected chi connectivity index (χ2v) is 6.46. The Bertz CT molecular complexity index is 835. The Labute approximate surface area is 137 Å². The Morgan fingerprint density at radius 3 is 2.39 bits per heavy atom. The number of anilines is 1. The summed E-state index contributed by atoms with van der Waals surface area (Å²) in [5.41, 5.74) is 8.14. The van der Waals surface area contributed by atoms with E-state index in [1.165, 1.54) is 6.07 Å². The fraction of sp³-hybridized carbons (Fsp3) is 0.0556. The predicted octanol–water partition coefficient (Wildman–Crippen LogP) is 3.87. The molecule has 0 spiro atoms. The normalized spacial score (nSPS) is 12.1. The average Bonchev–Trinajstić information content (AvgIpc) is 2.56. The zero-order valence-corrected chi connectivity index (χ0v) is 13.3. The summed E-state index contributed by atoms with van der Waals surface area (Å²) in [6.45, 7) is 0. The van der Waals surface area contributed by atoms with Crippen LogP contribution < -0.4 is 5.73 Å². The summed E-state index contributed by atoms with van der Waals surface area (Å²) >= 11 is -1.14. The van der Waals surface area contributed by atoms with Crippen molar-refractivity contribution in [3.05, 3.63) is 66.6 Å². The van der Waals surface area contributed by atoms with Crippen molar-refractivity contribution >= 4 is 17.0 Å². The van der Waals surface area contributed by atoms with Crippen molar-refractivity contribution in [1.29, 1.82) is 0 Å². The minimum atomic E-state index is -1.14. The third kappa shape index (κ3) is 3.21. The van der Waals surface area contributed by atoms with Gasteiger partial charge in [0.2, 0.25) is 0 Å². The number of nitrogens with zero attached hydrogens (tertiary/aromatic N) is 1. The second-order valence-electron chi connectivity index (χ2n) is 5.12. The van der Waals surface area contributed by atoms with Gasteiger partial charge in [-0.25, -0.2) is 9.37 Å². The van der Waals surface area contributed by atoms with Crippen molar-refractivity contribution in [3.8, 4) is 22.3 Å². The van der Waals surface area contributed by atoms with E-state index in [9.17, 15) is 8.94 Å². The van der Waals surface area contributed by atoms with Crippen LogP contribution in [0, 0.1) is 5.82 Å². The first-order valence-electron chi connectivity index (χ1n) is 7.00. The van der Waals surface area contributed by atoms with Crippen molar-refractivity contribution in [2.75, 3.05) is 12.0 Å². The topological polar surface area (TPSA) is 62.0 Å². The van der Waals surface area contributed by atoms with Crippen LogP contribution in [0.15, 0.2) is 65.7 Å². The van der Waals surface area contributed by atoms with Gasteiger partial charge >= 0.3 is 0 Å². The van der Waals surface area contributed by atoms with Gasteiger partial charge in [0.05, 0.1) is 0 Å². The van der Waals surface area contributed by atoms with Crippen LogP contribution in [0.4, 0.5) is 10.2 Å². The largest absolute Gasteiger partial charge is 0.612 e. The number of hydrogen-bond acceptors (Lipinski definition) is 3. The molecule has 1 atom stereocenters. The van der Waals surface area contributed by atoms with Crippen LogP contribution in [0.1, 0.15) is 0 Å². The summed E-state index contributed by atoms with van der Waals surface area (Å²) < 4.78 is 26.4. The third-order valence-corrected chi connectivity index (χ3v) is 4.55. The molecule has 0 amide bonds. The Morgan fingerprint density at radius 2 is 1.74 bits per heavy atom. The molecule has 0 bridgehead atoms. The molecule has 1 heterocycles. The Kier molecular flexibility index (Phi) is 4.32. The van der Waals surface area contributed by atoms with Crippen LogP contribution in [0.25, 0.3) is 22.3 Å². The van der Waals surface area contributed by atoms with Crippen LogP contribution in [-0.2, 0) is 11.2 Å². The third-order valence-electron chi connectivity index (χ3n) is 3.57. The van der Waals surface area contributed by atoms with Crippen molar-refractivity contribution in [2.45, 2.75) is 4.90 Å². The molecule has 0 saturated carbocycles. The molecule has 0 radical (unpaired) electrons. The van der Waals surface area contributed by atoms with Gasteiger partial charge in [0, 0.05) is 22.9 Å². The molecule has 116 valence electrons. The van der Waals surface area contributed by atoms with Gasteiger partial charge < -0.3 is 10.3 Å². The van der Waals surface area contributed by atoms with Gasteiger partial charge in [-0.15, -0.1) is 0 Å². The number of benzene rings is 2. The molecule has 1 aromatic heterocycles. The lowest BCUT2D eigenvalue weighted by Crippen LogP contribution is -2.00. The average molecular weight is 326 g/mol. The lowest BCUT2D eigenvalue weighted by Gasteiger charge is -2.11. The number of pyridine rings is 1. The summed E-state index contributed by atoms with van der Waals surface area (Å²) in [6.07, 6.45) is 3.16. The molecule has 2 aromatic carbocycles. The van der Waals surface area contributed by atoms with Gasteiger partial charge in [-0.3, -0.25) is 0 Å². The smallest absolute Gasteiger partial charge is 0.160 e. The van der Waals surface area contributed by atoms with E-state index >= 15 is 0 Å². The first-order valence-corrected chi connectivity index (χ1v) is 8.56. The Hall–Kier alpha value is -2.37. The Morgan fingerprint density at radius 1 is 1.00 bits per heavy atom. The van der Waals surface area contributed by atoms with Crippen molar-refractivity contribution in [1.82, 2.24) is 4.98 Å². The van der Waals surface area contributed by atoms with E-state index in [-0.39, 0.29) is 5.82 Å². The van der Waals surface area contributed by atoms with Gasteiger partial charge in [-0.2, -0.15) is 0 Å². The van der Waals surface area contributed by atoms with Gasteiger partial charge in [-0.1, -0.05) is 24.3 Å². The maximum Gasteiger partial charge on any atom is 0.160 e. The lowest BCUT2D eigenvalue weighted by molar-refractivity contribution is 0.601. The molecule has 3 nitrogen and oxygen atoms in total. The van der Waals surface area contributed by atoms with E-state index in [1.807, 2.05) is 24.3 Å². The fourth-order valence-corrected chi connectivity index (χ4v) is 3.20. The van der Waals surface area contributed by atoms with E-state index in [4.69, 9.17) is 5.73 Å². The van der Waals surface area contributed by atoms with Crippen LogP contribution >= 0.6 is 0 Å². The number of aromatic nitrogens is 1. The highest BCUT2D eigenvalue weighted by Crippen LogP contribution is 2.31. The summed E-state index contributed by atoms with van der Waals surface area (Å²) in [4.78, 5) is 4.67. The zero-order valence-electron chi connectivity index (χ0n) is 12.5. The van der Waals surface area contributed by atoms with Crippen LogP contribution in [0.2, 0.25) is 0 Å². The maximum absolute atomic E-state index is 14.5. The standard InChI is InChI=1S/C18H15FN2OS/c1-23(22)17-5-3-2-4-15(17)12-6-8-14(16(19)10-12)13-7-9-18(20)21-11-13/h2-11H,1H3,(H2,20,21). The highest BCUT2D eigenvalue weighted by Gasteiger charge is 2.14. The highest BCUT2D eigenvalue weighted by atomic mass is 32.2. The molecule has 0 fully saturated rings. The molecule has 0 aliphatic rings. The number of hydrogen-bond donors (Lipinski definition) is 1. The quantitative estimate of drug-likeness (QED) is 0.743. The van der Waals surface area contributed by atoms with Crippen molar-refractivity contribution in [2.24, 2.45) is 0 Å². The van der Waals surface area contributed by atoms with Crippen LogP contribution in [0.5, 0.6) is 0 Å². The van der Waals surface area contributed by atoms with Crippen LogP contribution in [0.3, 0.4) is 0 Å². The molecule has 3 aromatic rings. The molecule has 0 aliphatic carbocycles. The summed E-state index contributed by atoms with van der Waals surface area (Å²) in [6, 6.07) is 15.7. The summed E-state index contributed by atoms with van der Waals surface area (Å²) in [7, 11) is 0. The predicted molar refractivity (Wildman–Crippen MR) is 91.8 cm³/mol. The first-order chi connectivity index (χ1) is 11.1. The zero-order chi connectivity index (χ0) is 16.4. The molecule has 0 aliphatic heterocycles. The maximum atomic E-state index is 14.5. The van der Waals surface area contributed by atoms with E-state index in [0.717, 1.165) is 5.56 Å². The minimum Gasteiger partial charge on any atom is -0.612 e. The van der Waals surface area contributed by atoms with E-state index < -0.39 is 11.2 Å².